The van der Waals surface area contributed by atoms with Gasteiger partial charge in [-0.3, -0.25) is 0 Å². The molecule has 2 bridgehead atoms. The molecule has 0 radical (unpaired) electrons. The van der Waals surface area contributed by atoms with E-state index in [0.717, 1.165) is 18.8 Å². The molecule has 15 heavy (non-hydrogen) atoms. The molecule has 4 heteroatoms. The van der Waals surface area contributed by atoms with Gasteiger partial charge in [0.1, 0.15) is 0 Å². The quantitative estimate of drug-likeness (QED) is 0.777. The van der Waals surface area contributed by atoms with Crippen LogP contribution in [0.25, 0.3) is 0 Å². The predicted molar refractivity (Wildman–Crippen MR) is 50.2 cm³/mol. The summed E-state index contributed by atoms with van der Waals surface area (Å²) in [6, 6.07) is 0. The number of hydrogen-bond donors (Lipinski definition) is 1. The van der Waals surface area contributed by atoms with Crippen LogP contribution < -0.4 is 0 Å². The molecule has 2 aliphatic carbocycles. The van der Waals surface area contributed by atoms with Crippen LogP contribution in [0.3, 0.4) is 0 Å². The van der Waals surface area contributed by atoms with Gasteiger partial charge in [-0.2, -0.15) is 13.2 Å². The Labute approximate surface area is 87.7 Å². The Bertz CT molecular complexity index is 226. The molecule has 88 valence electrons. The standard InChI is InChI=1S/C11H17F3O/c12-11(13,14)6-10(15)5-9-4-7-1-2-8(9)3-7/h7-10,15H,1-6H2. The highest BCUT2D eigenvalue weighted by Crippen LogP contribution is 2.50. The Hall–Kier alpha value is -0.250. The first kappa shape index (κ1) is 11.2. The third-order valence-corrected chi connectivity index (χ3v) is 3.93. The lowest BCUT2D eigenvalue weighted by Crippen LogP contribution is -2.24. The van der Waals surface area contributed by atoms with Crippen molar-refractivity contribution < 1.29 is 18.3 Å². The molecule has 4 unspecified atom stereocenters. The fraction of sp³-hybridized carbons (Fsp3) is 1.00. The zero-order chi connectivity index (χ0) is 11.1. The molecule has 2 saturated carbocycles. The molecule has 2 aliphatic rings. The van der Waals surface area contributed by atoms with Crippen LogP contribution in [0.4, 0.5) is 13.2 Å². The first-order valence-electron chi connectivity index (χ1n) is 5.69. The second kappa shape index (κ2) is 3.96. The zero-order valence-corrected chi connectivity index (χ0v) is 8.63. The van der Waals surface area contributed by atoms with Crippen LogP contribution in [0, 0.1) is 17.8 Å². The van der Waals surface area contributed by atoms with Crippen LogP contribution in [-0.4, -0.2) is 17.4 Å². The van der Waals surface area contributed by atoms with Crippen LogP contribution >= 0.6 is 0 Å². The van der Waals surface area contributed by atoms with Gasteiger partial charge in [-0.25, -0.2) is 0 Å². The number of alkyl halides is 3. The van der Waals surface area contributed by atoms with Gasteiger partial charge in [0.15, 0.2) is 0 Å². The molecule has 0 aromatic carbocycles. The summed E-state index contributed by atoms with van der Waals surface area (Å²) in [5.41, 5.74) is 0. The summed E-state index contributed by atoms with van der Waals surface area (Å²) in [5, 5.41) is 9.35. The van der Waals surface area contributed by atoms with Crippen LogP contribution in [-0.2, 0) is 0 Å². The molecule has 0 amide bonds. The monoisotopic (exact) mass is 222 g/mol. The molecule has 0 heterocycles. The molecule has 1 nitrogen and oxygen atoms in total. The maximum Gasteiger partial charge on any atom is 0.391 e. The third-order valence-electron chi connectivity index (χ3n) is 3.93. The minimum Gasteiger partial charge on any atom is -0.393 e. The summed E-state index contributed by atoms with van der Waals surface area (Å²) in [6.07, 6.45) is -1.47. The lowest BCUT2D eigenvalue weighted by atomic mass is 9.84. The SMILES string of the molecule is OC(CC1CC2CCC1C2)CC(F)(F)F. The molecule has 2 fully saturated rings. The molecule has 0 spiro atoms. The van der Waals surface area contributed by atoms with Crippen LogP contribution in [0.2, 0.25) is 0 Å². The number of hydrogen-bond acceptors (Lipinski definition) is 1. The number of halogens is 3. The van der Waals surface area contributed by atoms with E-state index in [2.05, 4.69) is 0 Å². The second-order valence-electron chi connectivity index (χ2n) is 5.14. The van der Waals surface area contributed by atoms with Crippen molar-refractivity contribution >= 4 is 0 Å². The average Bonchev–Trinajstić information content (AvgIpc) is 2.60. The fourth-order valence-corrected chi connectivity index (χ4v) is 3.37. The van der Waals surface area contributed by atoms with Crippen molar-refractivity contribution in [2.24, 2.45) is 17.8 Å². The van der Waals surface area contributed by atoms with E-state index in [1.165, 1.54) is 12.8 Å². The van der Waals surface area contributed by atoms with Crippen LogP contribution in [0.5, 0.6) is 0 Å². The zero-order valence-electron chi connectivity index (χ0n) is 8.63. The van der Waals surface area contributed by atoms with E-state index in [-0.39, 0.29) is 0 Å². The van der Waals surface area contributed by atoms with Crippen molar-refractivity contribution in [3.05, 3.63) is 0 Å². The minimum absolute atomic E-state index is 0.348. The van der Waals surface area contributed by atoms with Gasteiger partial charge in [0.25, 0.3) is 0 Å². The molecular weight excluding hydrogens is 205 g/mol. The summed E-state index contributed by atoms with van der Waals surface area (Å²) < 4.78 is 36.0. The number of fused-ring (bicyclic) bond motifs is 2. The molecule has 0 saturated heterocycles. The maximum atomic E-state index is 12.0. The van der Waals surface area contributed by atoms with Gasteiger partial charge in [0, 0.05) is 0 Å². The van der Waals surface area contributed by atoms with Gasteiger partial charge in [0.2, 0.25) is 0 Å². The highest BCUT2D eigenvalue weighted by molar-refractivity contribution is 4.90. The number of aliphatic hydroxyl groups is 1. The van der Waals surface area contributed by atoms with Crippen molar-refractivity contribution in [1.82, 2.24) is 0 Å². The van der Waals surface area contributed by atoms with Crippen molar-refractivity contribution in [3.8, 4) is 0 Å². The van der Waals surface area contributed by atoms with Crippen molar-refractivity contribution in [3.63, 3.8) is 0 Å². The lowest BCUT2D eigenvalue weighted by Gasteiger charge is -2.24. The first-order chi connectivity index (χ1) is 6.94. The van der Waals surface area contributed by atoms with E-state index in [1.54, 1.807) is 0 Å². The summed E-state index contributed by atoms with van der Waals surface area (Å²) in [6.45, 7) is 0. The Balaban J connectivity index is 1.77. The molecule has 0 aromatic heterocycles. The summed E-state index contributed by atoms with van der Waals surface area (Å²) in [4.78, 5) is 0. The predicted octanol–water partition coefficient (Wildman–Crippen LogP) is 3.13. The average molecular weight is 222 g/mol. The molecule has 4 atom stereocenters. The highest BCUT2D eigenvalue weighted by atomic mass is 19.4. The maximum absolute atomic E-state index is 12.0. The van der Waals surface area contributed by atoms with Crippen LogP contribution in [0.15, 0.2) is 0 Å². The summed E-state index contributed by atoms with van der Waals surface area (Å²) >= 11 is 0. The van der Waals surface area contributed by atoms with Gasteiger partial charge in [-0.05, 0) is 43.4 Å². The van der Waals surface area contributed by atoms with E-state index >= 15 is 0 Å². The number of rotatable bonds is 3. The van der Waals surface area contributed by atoms with Gasteiger partial charge < -0.3 is 5.11 Å². The molecule has 2 rings (SSSR count). The lowest BCUT2D eigenvalue weighted by molar-refractivity contribution is -0.155. The molecule has 1 N–H and O–H groups in total. The largest absolute Gasteiger partial charge is 0.393 e. The van der Waals surface area contributed by atoms with E-state index in [9.17, 15) is 18.3 Å². The third kappa shape index (κ3) is 2.86. The first-order valence-corrected chi connectivity index (χ1v) is 5.69. The van der Waals surface area contributed by atoms with E-state index in [4.69, 9.17) is 0 Å². The molecule has 0 aliphatic heterocycles. The Kier molecular flexibility index (Phi) is 2.97. The normalized spacial score (nSPS) is 37.2. The van der Waals surface area contributed by atoms with E-state index in [1.807, 2.05) is 0 Å². The van der Waals surface area contributed by atoms with E-state index in [0.29, 0.717) is 18.3 Å². The van der Waals surface area contributed by atoms with E-state index < -0.39 is 18.7 Å². The van der Waals surface area contributed by atoms with Crippen molar-refractivity contribution in [1.29, 1.82) is 0 Å². The molecular formula is C11H17F3O. The van der Waals surface area contributed by atoms with Crippen LogP contribution in [0.1, 0.15) is 38.5 Å². The second-order valence-corrected chi connectivity index (χ2v) is 5.14. The topological polar surface area (TPSA) is 20.2 Å². The molecule has 0 aromatic rings. The fourth-order valence-electron chi connectivity index (χ4n) is 3.37. The van der Waals surface area contributed by atoms with Gasteiger partial charge >= 0.3 is 6.18 Å². The van der Waals surface area contributed by atoms with Gasteiger partial charge in [-0.15, -0.1) is 0 Å². The Morgan fingerprint density at radius 1 is 1.20 bits per heavy atom. The summed E-state index contributed by atoms with van der Waals surface area (Å²) in [5.74, 6) is 1.68. The summed E-state index contributed by atoms with van der Waals surface area (Å²) in [7, 11) is 0. The number of aliphatic hydroxyl groups excluding tert-OH is 1. The van der Waals surface area contributed by atoms with Gasteiger partial charge in [-0.1, -0.05) is 6.42 Å². The van der Waals surface area contributed by atoms with Crippen molar-refractivity contribution in [2.75, 3.05) is 0 Å². The minimum atomic E-state index is -4.23. The Morgan fingerprint density at radius 2 is 1.93 bits per heavy atom. The van der Waals surface area contributed by atoms with Crippen molar-refractivity contribution in [2.45, 2.75) is 50.8 Å². The highest BCUT2D eigenvalue weighted by Gasteiger charge is 2.41. The smallest absolute Gasteiger partial charge is 0.391 e. The Morgan fingerprint density at radius 3 is 2.40 bits per heavy atom. The van der Waals surface area contributed by atoms with Gasteiger partial charge in [0.05, 0.1) is 12.5 Å².